The first-order chi connectivity index (χ1) is 12.9. The minimum Gasteiger partial charge on any atom is -0.358 e. The summed E-state index contributed by atoms with van der Waals surface area (Å²) in [5, 5.41) is 0. The maximum atomic E-state index is 3.34. The summed E-state index contributed by atoms with van der Waals surface area (Å²) in [6.07, 6.45) is 20.5. The Morgan fingerprint density at radius 1 is 0.897 bits per heavy atom. The molecule has 3 aliphatic rings. The first kappa shape index (κ1) is 30.4. The SMILES string of the molecule is Cl.Cl.[C-]1=CC=CC1.[CH-]1CCCCC1.[CH2]=[Zr].[CH3-].[c-]1cccc2c1Cc1ccccc1-2. The normalized spacial score (nSPS) is 13.6. The topological polar surface area (TPSA) is 0 Å². The van der Waals surface area contributed by atoms with E-state index in [0.717, 1.165) is 12.8 Å². The van der Waals surface area contributed by atoms with Gasteiger partial charge in [-0.05, 0) is 6.42 Å². The van der Waals surface area contributed by atoms with E-state index < -0.39 is 0 Å². The van der Waals surface area contributed by atoms with Crippen molar-refractivity contribution in [2.45, 2.75) is 44.9 Å². The average molecular weight is 507 g/mol. The zero-order valence-corrected chi connectivity index (χ0v) is 21.4. The van der Waals surface area contributed by atoms with E-state index in [9.17, 15) is 0 Å². The third-order valence-corrected chi connectivity index (χ3v) is 4.52. The summed E-state index contributed by atoms with van der Waals surface area (Å²) < 4.78 is 3.34. The van der Waals surface area contributed by atoms with Gasteiger partial charge in [-0.3, -0.25) is 6.08 Å². The van der Waals surface area contributed by atoms with E-state index in [1.54, 1.807) is 0 Å². The first-order valence-corrected chi connectivity index (χ1v) is 11.2. The van der Waals surface area contributed by atoms with E-state index >= 15 is 0 Å². The molecule has 2 aromatic carbocycles. The Morgan fingerprint density at radius 2 is 1.59 bits per heavy atom. The Bertz CT molecular complexity index is 653. The predicted octanol–water partition coefficient (Wildman–Crippen LogP) is 7.78. The maximum Gasteiger partial charge on any atom is -0.0253 e. The molecule has 0 aliphatic heterocycles. The van der Waals surface area contributed by atoms with Crippen LogP contribution >= 0.6 is 24.8 Å². The number of benzene rings is 2. The van der Waals surface area contributed by atoms with Crippen LogP contribution in [0.1, 0.15) is 49.7 Å². The van der Waals surface area contributed by atoms with Gasteiger partial charge in [-0.2, -0.15) is 48.7 Å². The van der Waals surface area contributed by atoms with Crippen LogP contribution in [0.4, 0.5) is 0 Å². The molecular formula is C26H32Cl2Zr-4. The molecule has 0 amide bonds. The summed E-state index contributed by atoms with van der Waals surface area (Å²) in [5.41, 5.74) is 5.51. The van der Waals surface area contributed by atoms with E-state index in [2.05, 4.69) is 65.2 Å². The minimum atomic E-state index is 0. The summed E-state index contributed by atoms with van der Waals surface area (Å²) in [6.45, 7) is 0. The molecule has 1 saturated carbocycles. The summed E-state index contributed by atoms with van der Waals surface area (Å²) in [5.74, 6) is 0. The molecule has 158 valence electrons. The van der Waals surface area contributed by atoms with Gasteiger partial charge < -0.3 is 13.8 Å². The molecule has 0 unspecified atom stereocenters. The Kier molecular flexibility index (Phi) is 20.2. The number of allylic oxidation sites excluding steroid dienone is 4. The Morgan fingerprint density at radius 3 is 2.10 bits per heavy atom. The number of fused-ring (bicyclic) bond motifs is 3. The van der Waals surface area contributed by atoms with Crippen LogP contribution in [-0.4, -0.2) is 4.21 Å². The third kappa shape index (κ3) is 10.7. The van der Waals surface area contributed by atoms with Gasteiger partial charge in [-0.15, -0.1) is 36.8 Å². The van der Waals surface area contributed by atoms with Crippen molar-refractivity contribution >= 4 is 29.0 Å². The van der Waals surface area contributed by atoms with E-state index in [1.807, 2.05) is 18.2 Å². The molecule has 3 heteroatoms. The van der Waals surface area contributed by atoms with E-state index in [0.29, 0.717) is 0 Å². The number of rotatable bonds is 0. The summed E-state index contributed by atoms with van der Waals surface area (Å²) in [6, 6.07) is 18.1. The van der Waals surface area contributed by atoms with Gasteiger partial charge in [-0.1, -0.05) is 54.7 Å². The molecule has 0 saturated heterocycles. The van der Waals surface area contributed by atoms with Crippen molar-refractivity contribution in [2.24, 2.45) is 0 Å². The smallest absolute Gasteiger partial charge is 0.0253 e. The minimum absolute atomic E-state index is 0. The molecule has 0 bridgehead atoms. The van der Waals surface area contributed by atoms with Crippen LogP contribution in [0.5, 0.6) is 0 Å². The molecule has 2 aromatic rings. The van der Waals surface area contributed by atoms with Gasteiger partial charge in [-0.25, -0.2) is 12.2 Å². The largest absolute Gasteiger partial charge is 0.358 e. The molecule has 3 aliphatic carbocycles. The van der Waals surface area contributed by atoms with Crippen molar-refractivity contribution < 1.29 is 24.2 Å². The summed E-state index contributed by atoms with van der Waals surface area (Å²) >= 11 is 1.30. The average Bonchev–Trinajstić information content (AvgIpc) is 3.43. The molecule has 0 N–H and O–H groups in total. The van der Waals surface area contributed by atoms with Gasteiger partial charge in [0.1, 0.15) is 0 Å². The number of halogens is 2. The van der Waals surface area contributed by atoms with Crippen molar-refractivity contribution in [3.8, 4) is 11.1 Å². The van der Waals surface area contributed by atoms with Crippen molar-refractivity contribution in [1.82, 2.24) is 0 Å². The number of hydrogen-bond donors (Lipinski definition) is 0. The van der Waals surface area contributed by atoms with Crippen LogP contribution in [0, 0.1) is 26.0 Å². The van der Waals surface area contributed by atoms with Gasteiger partial charge in [0.2, 0.25) is 0 Å². The monoisotopic (exact) mass is 504 g/mol. The molecular weight excluding hydrogens is 474 g/mol. The van der Waals surface area contributed by atoms with Gasteiger partial charge in [0, 0.05) is 0 Å². The van der Waals surface area contributed by atoms with Crippen molar-refractivity contribution in [3.63, 3.8) is 0 Å². The summed E-state index contributed by atoms with van der Waals surface area (Å²) in [7, 11) is 0. The van der Waals surface area contributed by atoms with Gasteiger partial charge in [0.05, 0.1) is 0 Å². The van der Waals surface area contributed by atoms with Crippen LogP contribution in [0.15, 0.2) is 60.7 Å². The predicted molar refractivity (Wildman–Crippen MR) is 131 cm³/mol. The van der Waals surface area contributed by atoms with Crippen LogP contribution in [0.3, 0.4) is 0 Å². The van der Waals surface area contributed by atoms with Gasteiger partial charge in [0.25, 0.3) is 0 Å². The fourth-order valence-corrected chi connectivity index (χ4v) is 3.24. The van der Waals surface area contributed by atoms with E-state index in [1.165, 1.54) is 78.6 Å². The van der Waals surface area contributed by atoms with Crippen LogP contribution in [0.25, 0.3) is 11.1 Å². The third-order valence-electron chi connectivity index (χ3n) is 4.52. The molecule has 5 rings (SSSR count). The zero-order chi connectivity index (χ0) is 18.5. The van der Waals surface area contributed by atoms with Crippen molar-refractivity contribution in [1.29, 1.82) is 0 Å². The molecule has 0 radical (unpaired) electrons. The fourth-order valence-electron chi connectivity index (χ4n) is 3.24. The number of hydrogen-bond acceptors (Lipinski definition) is 0. The fraction of sp³-hybridized carbons (Fsp3) is 0.269. The molecule has 0 nitrogen and oxygen atoms in total. The molecule has 0 atom stereocenters. The molecule has 0 heterocycles. The van der Waals surface area contributed by atoms with Gasteiger partial charge in [0.15, 0.2) is 0 Å². The first-order valence-electron chi connectivity index (χ1n) is 9.42. The second kappa shape index (κ2) is 19.2. The van der Waals surface area contributed by atoms with Crippen molar-refractivity contribution in [3.05, 3.63) is 97.8 Å². The van der Waals surface area contributed by atoms with Crippen molar-refractivity contribution in [2.75, 3.05) is 0 Å². The Labute approximate surface area is 206 Å². The standard InChI is InChI=1S/C13H9.C6H11.C5H5.CH3.CH2.2ClH.Zr/c1-3-7-12-10(5-1)9-11-6-2-4-8-13(11)12;1-2-4-6-5-3-1;1-2-4-5-3-1;;;;;/h1-5,7-8H,9H2;1H,2-6H2;1-3H,4H2;1H3;1H2;2*1H;/q4*-1;;;;. The Hall–Kier alpha value is -0.747. The molecule has 0 spiro atoms. The maximum absolute atomic E-state index is 3.34. The second-order valence-corrected chi connectivity index (χ2v) is 6.33. The van der Waals surface area contributed by atoms with Crippen LogP contribution < -0.4 is 0 Å². The van der Waals surface area contributed by atoms with E-state index in [4.69, 9.17) is 0 Å². The van der Waals surface area contributed by atoms with Crippen LogP contribution in [0.2, 0.25) is 0 Å². The second-order valence-electron chi connectivity index (χ2n) is 6.33. The quantitative estimate of drug-likeness (QED) is 0.273. The molecule has 1 fully saturated rings. The molecule has 29 heavy (non-hydrogen) atoms. The Balaban J connectivity index is 0. The van der Waals surface area contributed by atoms with E-state index in [-0.39, 0.29) is 32.2 Å². The summed E-state index contributed by atoms with van der Waals surface area (Å²) in [4.78, 5) is 0. The zero-order valence-electron chi connectivity index (χ0n) is 17.3. The van der Waals surface area contributed by atoms with Gasteiger partial charge >= 0.3 is 28.4 Å². The molecule has 0 aromatic heterocycles. The van der Waals surface area contributed by atoms with Crippen LogP contribution in [-0.2, 0) is 30.7 Å².